The Morgan fingerprint density at radius 1 is 1.10 bits per heavy atom. The van der Waals surface area contributed by atoms with Crippen molar-refractivity contribution < 1.29 is 37.0 Å². The van der Waals surface area contributed by atoms with Crippen LogP contribution in [-0.2, 0) is 27.0 Å². The summed E-state index contributed by atoms with van der Waals surface area (Å²) in [6.07, 6.45) is -4.84. The van der Waals surface area contributed by atoms with E-state index in [4.69, 9.17) is 0 Å². The summed E-state index contributed by atoms with van der Waals surface area (Å²) in [6, 6.07) is 3.85. The number of methoxy groups -OCH3 is 2. The van der Waals surface area contributed by atoms with Crippen LogP contribution in [0.1, 0.15) is 38.5 Å². The Balaban J connectivity index is 2.17. The molecule has 0 aliphatic heterocycles. The summed E-state index contributed by atoms with van der Waals surface area (Å²) in [7, 11) is 2.32. The Kier molecular flexibility index (Phi) is 7.24. The number of esters is 2. The first-order chi connectivity index (χ1) is 14.0. The molecule has 0 atom stereocenters. The van der Waals surface area contributed by atoms with Gasteiger partial charge in [-0.1, -0.05) is 0 Å². The molecule has 0 aliphatic rings. The predicted molar refractivity (Wildman–Crippen MR) is 102 cm³/mol. The van der Waals surface area contributed by atoms with E-state index >= 15 is 0 Å². The Labute approximate surface area is 177 Å². The zero-order valence-corrected chi connectivity index (χ0v) is 17.7. The van der Waals surface area contributed by atoms with Crippen molar-refractivity contribution in [1.29, 1.82) is 0 Å². The van der Waals surface area contributed by atoms with Crippen LogP contribution in [0.2, 0.25) is 0 Å². The monoisotopic (exact) mass is 491 g/mol. The highest BCUT2D eigenvalue weighted by Crippen LogP contribution is 2.35. The Hall–Kier alpha value is -2.89. The molecule has 1 aromatic carbocycles. The number of carbonyl (C=O) groups is 3. The quantitative estimate of drug-likeness (QED) is 0.620. The highest BCUT2D eigenvalue weighted by molar-refractivity contribution is 9.10. The molecule has 2 aromatic rings. The number of carbonyl (C=O) groups excluding carboxylic acids is 3. The van der Waals surface area contributed by atoms with Crippen LogP contribution >= 0.6 is 15.9 Å². The summed E-state index contributed by atoms with van der Waals surface area (Å²) >= 11 is 2.86. The number of nitrogens with zero attached hydrogens (tertiary/aromatic N) is 2. The van der Waals surface area contributed by atoms with Crippen molar-refractivity contribution >= 4 is 39.5 Å². The van der Waals surface area contributed by atoms with Crippen molar-refractivity contribution in [2.75, 3.05) is 19.5 Å². The van der Waals surface area contributed by atoms with E-state index < -0.39 is 29.7 Å². The molecule has 0 bridgehead atoms. The van der Waals surface area contributed by atoms with Gasteiger partial charge in [-0.3, -0.25) is 9.48 Å². The van der Waals surface area contributed by atoms with Crippen LogP contribution in [0.4, 0.5) is 18.9 Å². The number of halogens is 4. The SMILES string of the molecule is COC(=O)c1cc(NC(=O)CCn2nc(C(F)(F)F)c(Br)c2C)cc(C(=O)OC)c1. The topological polar surface area (TPSA) is 99.5 Å². The van der Waals surface area contributed by atoms with Crippen molar-refractivity contribution in [3.63, 3.8) is 0 Å². The first-order valence-electron chi connectivity index (χ1n) is 8.39. The van der Waals surface area contributed by atoms with E-state index in [1.807, 2.05) is 0 Å². The van der Waals surface area contributed by atoms with Gasteiger partial charge >= 0.3 is 18.1 Å². The van der Waals surface area contributed by atoms with Crippen LogP contribution in [0.15, 0.2) is 22.7 Å². The smallest absolute Gasteiger partial charge is 0.436 e. The Morgan fingerprint density at radius 2 is 1.63 bits per heavy atom. The van der Waals surface area contributed by atoms with Crippen molar-refractivity contribution in [3.8, 4) is 0 Å². The molecule has 0 aliphatic carbocycles. The predicted octanol–water partition coefficient (Wildman–Crippen LogP) is 3.57. The number of aromatic nitrogens is 2. The number of ether oxygens (including phenoxy) is 2. The van der Waals surface area contributed by atoms with Gasteiger partial charge in [-0.25, -0.2) is 9.59 Å². The van der Waals surface area contributed by atoms with E-state index in [1.165, 1.54) is 25.1 Å². The van der Waals surface area contributed by atoms with E-state index in [-0.39, 0.29) is 39.9 Å². The number of alkyl halides is 3. The molecule has 0 saturated carbocycles. The third-order valence-electron chi connectivity index (χ3n) is 4.01. The molecule has 1 N–H and O–H groups in total. The number of amides is 1. The van der Waals surface area contributed by atoms with Crippen molar-refractivity contribution in [1.82, 2.24) is 9.78 Å². The molecule has 0 fully saturated rings. The zero-order chi connectivity index (χ0) is 22.6. The summed E-state index contributed by atoms with van der Waals surface area (Å²) in [6.45, 7) is 1.32. The Morgan fingerprint density at radius 3 is 2.07 bits per heavy atom. The fourth-order valence-electron chi connectivity index (χ4n) is 2.53. The van der Waals surface area contributed by atoms with Gasteiger partial charge in [-0.05, 0) is 41.1 Å². The van der Waals surface area contributed by atoms with Crippen LogP contribution in [0, 0.1) is 6.92 Å². The van der Waals surface area contributed by atoms with Crippen molar-refractivity contribution in [3.05, 3.63) is 45.2 Å². The van der Waals surface area contributed by atoms with Gasteiger partial charge in [0.05, 0.1) is 42.1 Å². The average molecular weight is 492 g/mol. The van der Waals surface area contributed by atoms with E-state index in [1.54, 1.807) is 0 Å². The molecule has 1 amide bonds. The molecule has 1 aromatic heterocycles. The van der Waals surface area contributed by atoms with Gasteiger partial charge in [-0.15, -0.1) is 0 Å². The van der Waals surface area contributed by atoms with Gasteiger partial charge in [0.15, 0.2) is 5.69 Å². The maximum atomic E-state index is 12.9. The third-order valence-corrected chi connectivity index (χ3v) is 4.96. The second-order valence-electron chi connectivity index (χ2n) is 6.05. The number of benzene rings is 1. The number of aryl methyl sites for hydroxylation is 1. The molecule has 0 unspecified atom stereocenters. The van der Waals surface area contributed by atoms with Gasteiger partial charge in [0.2, 0.25) is 5.91 Å². The van der Waals surface area contributed by atoms with Crippen LogP contribution in [0.25, 0.3) is 0 Å². The number of hydrogen-bond acceptors (Lipinski definition) is 6. The lowest BCUT2D eigenvalue weighted by Crippen LogP contribution is -2.17. The maximum Gasteiger partial charge on any atom is 0.436 e. The summed E-state index contributed by atoms with van der Waals surface area (Å²) in [5, 5.41) is 5.99. The van der Waals surface area contributed by atoms with Gasteiger partial charge < -0.3 is 14.8 Å². The first kappa shape index (κ1) is 23.4. The molecule has 8 nitrogen and oxygen atoms in total. The minimum Gasteiger partial charge on any atom is -0.465 e. The Bertz CT molecular complexity index is 954. The summed E-state index contributed by atoms with van der Waals surface area (Å²) < 4.78 is 48.9. The van der Waals surface area contributed by atoms with E-state index in [2.05, 4.69) is 35.8 Å². The second kappa shape index (κ2) is 9.28. The second-order valence-corrected chi connectivity index (χ2v) is 6.84. The lowest BCUT2D eigenvalue weighted by atomic mass is 10.1. The minimum absolute atomic E-state index is 0.0115. The molecular formula is C18H17BrF3N3O5. The molecule has 0 radical (unpaired) electrons. The largest absolute Gasteiger partial charge is 0.465 e. The highest BCUT2D eigenvalue weighted by Gasteiger charge is 2.37. The first-order valence-corrected chi connectivity index (χ1v) is 9.19. The average Bonchev–Trinajstić information content (AvgIpc) is 2.99. The lowest BCUT2D eigenvalue weighted by molar-refractivity contribution is -0.142. The molecule has 1 heterocycles. The van der Waals surface area contributed by atoms with E-state index in [0.29, 0.717) is 0 Å². The standard InChI is InChI=1S/C18H17BrF3N3O5/c1-9-14(19)15(18(20,21)22)24-25(9)5-4-13(26)23-12-7-10(16(27)29-2)6-11(8-12)17(28)30-3/h6-8H,4-5H2,1-3H3,(H,23,26). The van der Waals surface area contributed by atoms with Crippen molar-refractivity contribution in [2.24, 2.45) is 0 Å². The zero-order valence-electron chi connectivity index (χ0n) is 16.1. The molecule has 0 saturated heterocycles. The number of hydrogen-bond donors (Lipinski definition) is 1. The van der Waals surface area contributed by atoms with Gasteiger partial charge in [0, 0.05) is 12.1 Å². The molecule has 30 heavy (non-hydrogen) atoms. The summed E-state index contributed by atoms with van der Waals surface area (Å²) in [5.74, 6) is -2.02. The fraction of sp³-hybridized carbons (Fsp3) is 0.333. The number of rotatable bonds is 6. The summed E-state index contributed by atoms with van der Waals surface area (Å²) in [5.41, 5.74) is -0.711. The van der Waals surface area contributed by atoms with Gasteiger partial charge in [-0.2, -0.15) is 18.3 Å². The fourth-order valence-corrected chi connectivity index (χ4v) is 3.03. The third kappa shape index (κ3) is 5.38. The molecular weight excluding hydrogens is 475 g/mol. The molecule has 2 rings (SSSR count). The van der Waals surface area contributed by atoms with E-state index in [9.17, 15) is 27.6 Å². The van der Waals surface area contributed by atoms with Crippen LogP contribution in [-0.4, -0.2) is 41.8 Å². The minimum atomic E-state index is -4.63. The van der Waals surface area contributed by atoms with Crippen LogP contribution in [0.5, 0.6) is 0 Å². The highest BCUT2D eigenvalue weighted by atomic mass is 79.9. The van der Waals surface area contributed by atoms with Gasteiger partial charge in [0.1, 0.15) is 0 Å². The summed E-state index contributed by atoms with van der Waals surface area (Å²) in [4.78, 5) is 35.8. The molecule has 0 spiro atoms. The van der Waals surface area contributed by atoms with Crippen molar-refractivity contribution in [2.45, 2.75) is 26.1 Å². The lowest BCUT2D eigenvalue weighted by Gasteiger charge is -2.10. The number of anilines is 1. The van der Waals surface area contributed by atoms with Crippen LogP contribution < -0.4 is 5.32 Å². The molecule has 12 heteroatoms. The van der Waals surface area contributed by atoms with Crippen LogP contribution in [0.3, 0.4) is 0 Å². The maximum absolute atomic E-state index is 12.9. The normalized spacial score (nSPS) is 11.2. The molecule has 162 valence electrons. The number of nitrogens with one attached hydrogen (secondary N) is 1. The van der Waals surface area contributed by atoms with Gasteiger partial charge in [0.25, 0.3) is 0 Å². The van der Waals surface area contributed by atoms with E-state index in [0.717, 1.165) is 18.9 Å².